The number of aromatic nitrogens is 1. The zero-order chi connectivity index (χ0) is 20.0. The quantitative estimate of drug-likeness (QED) is 0.694. The van der Waals surface area contributed by atoms with Crippen LogP contribution in [-0.2, 0) is 11.2 Å². The number of hydrogen-bond donors (Lipinski definition) is 1. The molecule has 5 rings (SSSR count). The van der Waals surface area contributed by atoms with E-state index in [1.807, 2.05) is 4.90 Å². The van der Waals surface area contributed by atoms with Crippen molar-refractivity contribution >= 4 is 32.9 Å². The molecule has 1 aromatic carbocycles. The number of benzene rings is 1. The number of aromatic amines is 1. The van der Waals surface area contributed by atoms with Crippen LogP contribution in [0, 0.1) is 5.92 Å². The third-order valence-electron chi connectivity index (χ3n) is 7.19. The van der Waals surface area contributed by atoms with Crippen LogP contribution in [-0.4, -0.2) is 60.2 Å². The number of nitrogens with zero attached hydrogens (tertiary/aromatic N) is 2. The molecule has 5 nitrogen and oxygen atoms in total. The van der Waals surface area contributed by atoms with Gasteiger partial charge in [0.05, 0.1) is 11.2 Å². The Kier molecular flexibility index (Phi) is 5.33. The van der Waals surface area contributed by atoms with Crippen LogP contribution >= 0.6 is 15.9 Å². The molecule has 3 aliphatic rings. The number of hydrogen-bond acceptors (Lipinski definition) is 3. The van der Waals surface area contributed by atoms with Crippen molar-refractivity contribution in [1.82, 2.24) is 14.8 Å². The van der Waals surface area contributed by atoms with Crippen LogP contribution in [0.3, 0.4) is 0 Å². The lowest BCUT2D eigenvalue weighted by molar-refractivity contribution is 0.0474. The maximum atomic E-state index is 12.6. The van der Waals surface area contributed by atoms with Gasteiger partial charge >= 0.3 is 6.09 Å². The van der Waals surface area contributed by atoms with Crippen molar-refractivity contribution in [3.63, 3.8) is 0 Å². The van der Waals surface area contributed by atoms with Crippen molar-refractivity contribution in [3.8, 4) is 0 Å². The molecule has 1 aromatic heterocycles. The molecule has 2 saturated heterocycles. The molecule has 2 aliphatic heterocycles. The van der Waals surface area contributed by atoms with E-state index in [1.165, 1.54) is 34.9 Å². The Morgan fingerprint density at radius 2 is 2.03 bits per heavy atom. The summed E-state index contributed by atoms with van der Waals surface area (Å²) in [5.41, 5.74) is 4.08. The Labute approximate surface area is 180 Å². The molecule has 0 saturated carbocycles. The molecule has 1 amide bonds. The highest BCUT2D eigenvalue weighted by atomic mass is 79.9. The van der Waals surface area contributed by atoms with Gasteiger partial charge in [0.1, 0.15) is 0 Å². The van der Waals surface area contributed by atoms with Gasteiger partial charge in [0.2, 0.25) is 0 Å². The molecule has 2 aromatic rings. The minimum Gasteiger partial charge on any atom is -0.449 e. The second-order valence-corrected chi connectivity index (χ2v) is 9.88. The standard InChI is InChI=1S/C23H30BrN3O2/c1-26-13-15(14-29-23(28)27-9-4-2-3-5-10-27)11-17-16-7-6-8-19-21(16)18(12-20(17)26)22(24)25-19/h6-8,15,17,20,25H,2-5,9-14H2,1H3. The minimum absolute atomic E-state index is 0.112. The van der Waals surface area contributed by atoms with Crippen molar-refractivity contribution in [3.05, 3.63) is 33.9 Å². The van der Waals surface area contributed by atoms with Crippen LogP contribution in [0.4, 0.5) is 4.79 Å². The van der Waals surface area contributed by atoms with Gasteiger partial charge in [-0.1, -0.05) is 25.0 Å². The zero-order valence-corrected chi connectivity index (χ0v) is 18.7. The second-order valence-electron chi connectivity index (χ2n) is 9.08. The van der Waals surface area contributed by atoms with Crippen molar-refractivity contribution in [2.75, 3.05) is 33.3 Å². The van der Waals surface area contributed by atoms with E-state index in [0.717, 1.165) is 49.9 Å². The first-order chi connectivity index (χ1) is 14.1. The number of amides is 1. The average molecular weight is 460 g/mol. The number of nitrogens with one attached hydrogen (secondary N) is 1. The Bertz CT molecular complexity index is 903. The first-order valence-electron chi connectivity index (χ1n) is 11.0. The van der Waals surface area contributed by atoms with E-state index >= 15 is 0 Å². The lowest BCUT2D eigenvalue weighted by atomic mass is 9.72. The Balaban J connectivity index is 1.31. The topological polar surface area (TPSA) is 48.6 Å². The largest absolute Gasteiger partial charge is 0.449 e. The number of ether oxygens (including phenoxy) is 1. The number of likely N-dealkylation sites (N-methyl/N-ethyl adjacent to an activating group) is 1. The predicted molar refractivity (Wildman–Crippen MR) is 118 cm³/mol. The van der Waals surface area contributed by atoms with Gasteiger partial charge in [0, 0.05) is 48.4 Å². The average Bonchev–Trinajstić information content (AvgIpc) is 2.89. The van der Waals surface area contributed by atoms with E-state index in [1.54, 1.807) is 0 Å². The van der Waals surface area contributed by atoms with Gasteiger partial charge in [0.15, 0.2) is 0 Å². The minimum atomic E-state index is -0.112. The van der Waals surface area contributed by atoms with Gasteiger partial charge in [-0.15, -0.1) is 0 Å². The van der Waals surface area contributed by atoms with Crippen LogP contribution in [0.25, 0.3) is 10.9 Å². The Morgan fingerprint density at radius 3 is 2.83 bits per heavy atom. The number of rotatable bonds is 2. The second kappa shape index (κ2) is 7.95. The Morgan fingerprint density at radius 1 is 1.24 bits per heavy atom. The fraction of sp³-hybridized carbons (Fsp3) is 0.609. The molecule has 0 bridgehead atoms. The van der Waals surface area contributed by atoms with Crippen LogP contribution in [0.5, 0.6) is 0 Å². The van der Waals surface area contributed by atoms with Crippen LogP contribution in [0.1, 0.15) is 49.1 Å². The first-order valence-corrected chi connectivity index (χ1v) is 11.8. The molecular weight excluding hydrogens is 430 g/mol. The summed E-state index contributed by atoms with van der Waals surface area (Å²) in [7, 11) is 2.23. The molecule has 3 heterocycles. The lowest BCUT2D eigenvalue weighted by Gasteiger charge is -2.45. The maximum Gasteiger partial charge on any atom is 0.409 e. The van der Waals surface area contributed by atoms with Gasteiger partial charge in [0.25, 0.3) is 0 Å². The molecule has 156 valence electrons. The number of fused-ring (bicyclic) bond motifs is 2. The summed E-state index contributed by atoms with van der Waals surface area (Å²) in [6.07, 6.45) is 6.70. The van der Waals surface area contributed by atoms with Crippen molar-refractivity contribution in [2.24, 2.45) is 5.92 Å². The summed E-state index contributed by atoms with van der Waals surface area (Å²) in [5, 5.41) is 1.40. The van der Waals surface area contributed by atoms with Crippen LogP contribution in [0.15, 0.2) is 22.8 Å². The van der Waals surface area contributed by atoms with E-state index in [4.69, 9.17) is 4.74 Å². The predicted octanol–water partition coefficient (Wildman–Crippen LogP) is 4.90. The zero-order valence-electron chi connectivity index (χ0n) is 17.1. The molecule has 0 spiro atoms. The SMILES string of the molecule is CN1CC(COC(=O)N2CCCCCC2)CC2c3cccc4[nH]c(Br)c(c34)CC21. The van der Waals surface area contributed by atoms with E-state index in [9.17, 15) is 4.79 Å². The molecule has 1 N–H and O–H groups in total. The highest BCUT2D eigenvalue weighted by Crippen LogP contribution is 2.46. The number of likely N-dealkylation sites (tertiary alicyclic amines) is 2. The number of carbonyl (C=O) groups excluding carboxylic acids is 1. The number of halogens is 1. The van der Waals surface area contributed by atoms with Crippen molar-refractivity contribution < 1.29 is 9.53 Å². The number of H-pyrrole nitrogens is 1. The molecule has 1 aliphatic carbocycles. The Hall–Kier alpha value is -1.53. The van der Waals surface area contributed by atoms with E-state index < -0.39 is 0 Å². The van der Waals surface area contributed by atoms with Gasteiger partial charge < -0.3 is 19.5 Å². The summed E-state index contributed by atoms with van der Waals surface area (Å²) in [6.45, 7) is 3.22. The smallest absolute Gasteiger partial charge is 0.409 e. The molecule has 0 radical (unpaired) electrons. The molecular formula is C23H30BrN3O2. The lowest BCUT2D eigenvalue weighted by Crippen LogP contribution is -2.49. The van der Waals surface area contributed by atoms with Gasteiger partial charge in [-0.2, -0.15) is 0 Å². The van der Waals surface area contributed by atoms with Gasteiger partial charge in [-0.25, -0.2) is 4.79 Å². The highest BCUT2D eigenvalue weighted by molar-refractivity contribution is 9.10. The molecule has 29 heavy (non-hydrogen) atoms. The normalized spacial score (nSPS) is 27.5. The van der Waals surface area contributed by atoms with E-state index in [0.29, 0.717) is 24.5 Å². The van der Waals surface area contributed by atoms with Crippen molar-refractivity contribution in [1.29, 1.82) is 0 Å². The third kappa shape index (κ3) is 3.59. The summed E-state index contributed by atoms with van der Waals surface area (Å²) in [4.78, 5) is 20.5. The molecule has 6 heteroatoms. The summed E-state index contributed by atoms with van der Waals surface area (Å²) < 4.78 is 6.92. The maximum absolute atomic E-state index is 12.6. The molecule has 3 unspecified atom stereocenters. The fourth-order valence-electron chi connectivity index (χ4n) is 5.75. The molecule has 3 atom stereocenters. The highest BCUT2D eigenvalue weighted by Gasteiger charge is 2.40. The monoisotopic (exact) mass is 459 g/mol. The fourth-order valence-corrected chi connectivity index (χ4v) is 6.33. The van der Waals surface area contributed by atoms with Crippen LogP contribution < -0.4 is 0 Å². The summed E-state index contributed by atoms with van der Waals surface area (Å²) >= 11 is 3.73. The summed E-state index contributed by atoms with van der Waals surface area (Å²) in [6, 6.07) is 7.14. The van der Waals surface area contributed by atoms with E-state index in [2.05, 4.69) is 51.1 Å². The van der Waals surface area contributed by atoms with Gasteiger partial charge in [-0.3, -0.25) is 0 Å². The van der Waals surface area contributed by atoms with Crippen LogP contribution in [0.2, 0.25) is 0 Å². The first kappa shape index (κ1) is 19.4. The van der Waals surface area contributed by atoms with E-state index in [-0.39, 0.29) is 6.09 Å². The van der Waals surface area contributed by atoms with Gasteiger partial charge in [-0.05, 0) is 65.9 Å². The van der Waals surface area contributed by atoms with Crippen molar-refractivity contribution in [2.45, 2.75) is 50.5 Å². The number of carbonyl (C=O) groups is 1. The molecule has 2 fully saturated rings. The number of piperidine rings is 1. The summed E-state index contributed by atoms with van der Waals surface area (Å²) in [5.74, 6) is 0.880. The third-order valence-corrected chi connectivity index (χ3v) is 7.87.